The molecule has 0 aromatic rings. The van der Waals surface area contributed by atoms with E-state index in [1.54, 1.807) is 0 Å². The maximum atomic E-state index is 10.4. The number of rotatable bonds is 4. The Morgan fingerprint density at radius 1 is 1.50 bits per heavy atom. The van der Waals surface area contributed by atoms with Gasteiger partial charge >= 0.3 is 5.97 Å². The first-order valence-electron chi connectivity index (χ1n) is 5.50. The first-order chi connectivity index (χ1) is 6.59. The molecular weight excluding hydrogens is 178 g/mol. The van der Waals surface area contributed by atoms with Crippen LogP contribution in [0.5, 0.6) is 0 Å². The van der Waals surface area contributed by atoms with Crippen molar-refractivity contribution in [2.75, 3.05) is 20.1 Å². The molecule has 0 aromatic heterocycles. The van der Waals surface area contributed by atoms with Crippen molar-refractivity contribution in [3.8, 4) is 0 Å². The van der Waals surface area contributed by atoms with Gasteiger partial charge in [0.1, 0.15) is 0 Å². The van der Waals surface area contributed by atoms with Crippen LogP contribution in [-0.2, 0) is 4.79 Å². The molecule has 0 radical (unpaired) electrons. The molecule has 1 rings (SSSR count). The van der Waals surface area contributed by atoms with Crippen LogP contribution in [0.1, 0.15) is 32.6 Å². The van der Waals surface area contributed by atoms with Gasteiger partial charge in [0.05, 0.1) is 0 Å². The molecule has 14 heavy (non-hydrogen) atoms. The molecule has 1 saturated heterocycles. The number of carbonyl (C=O) groups is 1. The summed E-state index contributed by atoms with van der Waals surface area (Å²) in [4.78, 5) is 12.8. The van der Waals surface area contributed by atoms with Crippen LogP contribution >= 0.6 is 0 Å². The van der Waals surface area contributed by atoms with E-state index in [-0.39, 0.29) is 0 Å². The molecule has 1 aliphatic rings. The largest absolute Gasteiger partial charge is 0.481 e. The third kappa shape index (κ3) is 3.66. The highest BCUT2D eigenvalue weighted by Crippen LogP contribution is 2.27. The summed E-state index contributed by atoms with van der Waals surface area (Å²) in [6.07, 6.45) is 3.63. The Morgan fingerprint density at radius 2 is 2.07 bits per heavy atom. The zero-order valence-corrected chi connectivity index (χ0v) is 9.20. The topological polar surface area (TPSA) is 40.5 Å². The Balaban J connectivity index is 2.23. The molecule has 1 aliphatic heterocycles. The van der Waals surface area contributed by atoms with Crippen molar-refractivity contribution in [3.05, 3.63) is 0 Å². The summed E-state index contributed by atoms with van der Waals surface area (Å²) < 4.78 is 0. The number of piperidine rings is 1. The van der Waals surface area contributed by atoms with E-state index in [1.165, 1.54) is 25.9 Å². The number of carboxylic acid groups (broad SMARTS) is 1. The van der Waals surface area contributed by atoms with Gasteiger partial charge in [-0.1, -0.05) is 6.92 Å². The summed E-state index contributed by atoms with van der Waals surface area (Å²) in [5.74, 6) is 0.648. The van der Waals surface area contributed by atoms with Gasteiger partial charge in [-0.3, -0.25) is 4.79 Å². The van der Waals surface area contributed by atoms with Crippen molar-refractivity contribution in [2.45, 2.75) is 32.6 Å². The summed E-state index contributed by atoms with van der Waals surface area (Å²) in [6, 6.07) is 0. The molecule has 1 unspecified atom stereocenters. The molecule has 0 bridgehead atoms. The normalized spacial score (nSPS) is 22.1. The van der Waals surface area contributed by atoms with E-state index in [0.717, 1.165) is 12.3 Å². The Hall–Kier alpha value is -0.570. The predicted octanol–water partition coefficient (Wildman–Crippen LogP) is 1.83. The summed E-state index contributed by atoms with van der Waals surface area (Å²) in [5, 5.41) is 8.59. The SMILES string of the molecule is CC(CCC(=O)O)C1CCN(C)CC1. The molecule has 82 valence electrons. The zero-order valence-electron chi connectivity index (χ0n) is 9.20. The highest BCUT2D eigenvalue weighted by molar-refractivity contribution is 5.66. The molecule has 0 saturated carbocycles. The van der Waals surface area contributed by atoms with Crippen molar-refractivity contribution < 1.29 is 9.90 Å². The molecule has 3 heteroatoms. The maximum absolute atomic E-state index is 10.4. The van der Waals surface area contributed by atoms with Gasteiger partial charge in [0.25, 0.3) is 0 Å². The highest BCUT2D eigenvalue weighted by atomic mass is 16.4. The monoisotopic (exact) mass is 199 g/mol. The van der Waals surface area contributed by atoms with Gasteiger partial charge in [0.2, 0.25) is 0 Å². The van der Waals surface area contributed by atoms with E-state index < -0.39 is 5.97 Å². The Kier molecular flexibility index (Phi) is 4.39. The molecule has 1 fully saturated rings. The molecule has 1 atom stereocenters. The molecule has 0 aromatic carbocycles. The first kappa shape index (κ1) is 11.5. The lowest BCUT2D eigenvalue weighted by atomic mass is 9.83. The fourth-order valence-electron chi connectivity index (χ4n) is 2.18. The van der Waals surface area contributed by atoms with Crippen molar-refractivity contribution in [1.29, 1.82) is 0 Å². The van der Waals surface area contributed by atoms with Crippen LogP contribution in [0.15, 0.2) is 0 Å². The third-order valence-corrected chi connectivity index (χ3v) is 3.38. The van der Waals surface area contributed by atoms with Gasteiger partial charge in [-0.25, -0.2) is 0 Å². The number of hydrogen-bond donors (Lipinski definition) is 1. The molecule has 0 amide bonds. The predicted molar refractivity (Wildman–Crippen MR) is 56.3 cm³/mol. The smallest absolute Gasteiger partial charge is 0.303 e. The van der Waals surface area contributed by atoms with Gasteiger partial charge in [-0.15, -0.1) is 0 Å². The van der Waals surface area contributed by atoms with Crippen molar-refractivity contribution >= 4 is 5.97 Å². The quantitative estimate of drug-likeness (QED) is 0.751. The summed E-state index contributed by atoms with van der Waals surface area (Å²) in [5.41, 5.74) is 0. The van der Waals surface area contributed by atoms with Gasteiger partial charge in [-0.05, 0) is 51.2 Å². The highest BCUT2D eigenvalue weighted by Gasteiger charge is 2.22. The Labute approximate surface area is 86.1 Å². The van der Waals surface area contributed by atoms with Crippen LogP contribution < -0.4 is 0 Å². The standard InChI is InChI=1S/C11H21NO2/c1-9(3-4-11(13)14)10-5-7-12(2)8-6-10/h9-10H,3-8H2,1-2H3,(H,13,14). The first-order valence-corrected chi connectivity index (χ1v) is 5.50. The number of hydrogen-bond acceptors (Lipinski definition) is 2. The molecule has 0 aliphatic carbocycles. The average molecular weight is 199 g/mol. The fourth-order valence-corrected chi connectivity index (χ4v) is 2.18. The average Bonchev–Trinajstić information content (AvgIpc) is 2.15. The second-order valence-corrected chi connectivity index (χ2v) is 4.55. The third-order valence-electron chi connectivity index (χ3n) is 3.38. The number of likely N-dealkylation sites (tertiary alicyclic amines) is 1. The van der Waals surface area contributed by atoms with Gasteiger partial charge in [0.15, 0.2) is 0 Å². The lowest BCUT2D eigenvalue weighted by Crippen LogP contribution is -2.32. The minimum absolute atomic E-state index is 0.327. The van der Waals surface area contributed by atoms with Crippen LogP contribution in [0.2, 0.25) is 0 Å². The maximum Gasteiger partial charge on any atom is 0.303 e. The lowest BCUT2D eigenvalue weighted by molar-refractivity contribution is -0.137. The zero-order chi connectivity index (χ0) is 10.6. The van der Waals surface area contributed by atoms with Crippen LogP contribution in [0.25, 0.3) is 0 Å². The van der Waals surface area contributed by atoms with Crippen LogP contribution in [0, 0.1) is 11.8 Å². The molecule has 0 spiro atoms. The second kappa shape index (κ2) is 5.35. The minimum atomic E-state index is -0.662. The Bertz CT molecular complexity index is 186. The lowest BCUT2D eigenvalue weighted by Gasteiger charge is -2.32. The summed E-state index contributed by atoms with van der Waals surface area (Å²) in [6.45, 7) is 4.53. The summed E-state index contributed by atoms with van der Waals surface area (Å²) >= 11 is 0. The molecule has 3 nitrogen and oxygen atoms in total. The van der Waals surface area contributed by atoms with E-state index in [0.29, 0.717) is 12.3 Å². The van der Waals surface area contributed by atoms with E-state index in [2.05, 4.69) is 18.9 Å². The van der Waals surface area contributed by atoms with E-state index in [1.807, 2.05) is 0 Å². The van der Waals surface area contributed by atoms with E-state index in [9.17, 15) is 4.79 Å². The molecular formula is C11H21NO2. The van der Waals surface area contributed by atoms with E-state index in [4.69, 9.17) is 5.11 Å². The number of carboxylic acids is 1. The van der Waals surface area contributed by atoms with E-state index >= 15 is 0 Å². The van der Waals surface area contributed by atoms with Crippen molar-refractivity contribution in [2.24, 2.45) is 11.8 Å². The van der Waals surface area contributed by atoms with Crippen LogP contribution in [0.3, 0.4) is 0 Å². The van der Waals surface area contributed by atoms with Crippen LogP contribution in [0.4, 0.5) is 0 Å². The van der Waals surface area contributed by atoms with Gasteiger partial charge < -0.3 is 10.0 Å². The van der Waals surface area contributed by atoms with Gasteiger partial charge in [-0.2, -0.15) is 0 Å². The fraction of sp³-hybridized carbons (Fsp3) is 0.909. The summed E-state index contributed by atoms with van der Waals surface area (Å²) in [7, 11) is 2.15. The molecule has 1 N–H and O–H groups in total. The number of nitrogens with zero attached hydrogens (tertiary/aromatic N) is 1. The van der Waals surface area contributed by atoms with Gasteiger partial charge in [0, 0.05) is 6.42 Å². The number of aliphatic carboxylic acids is 1. The second-order valence-electron chi connectivity index (χ2n) is 4.55. The Morgan fingerprint density at radius 3 is 2.57 bits per heavy atom. The van der Waals surface area contributed by atoms with Crippen molar-refractivity contribution in [3.63, 3.8) is 0 Å². The minimum Gasteiger partial charge on any atom is -0.481 e. The van der Waals surface area contributed by atoms with Crippen molar-refractivity contribution in [1.82, 2.24) is 4.90 Å². The molecule has 1 heterocycles. The van der Waals surface area contributed by atoms with Crippen LogP contribution in [-0.4, -0.2) is 36.1 Å².